The maximum Gasteiger partial charge on any atom is 0.276 e. The fraction of sp³-hybridized carbons (Fsp3) is 0. The van der Waals surface area contributed by atoms with Crippen molar-refractivity contribution >= 4 is 23.2 Å². The van der Waals surface area contributed by atoms with Gasteiger partial charge in [0.05, 0.1) is 11.9 Å². The fourth-order valence-electron chi connectivity index (χ4n) is 1.07. The predicted octanol–water partition coefficient (Wildman–Crippen LogP) is 1.78. The molecule has 0 fully saturated rings. The lowest BCUT2D eigenvalue weighted by molar-refractivity contribution is 0.102. The SMILES string of the molecule is O=C(Nc1cccnc1)c1ccc(Cl)nn1. The number of carbonyl (C=O) groups excluding carboxylic acids is 1. The van der Waals surface area contributed by atoms with E-state index in [-0.39, 0.29) is 16.8 Å². The molecule has 5 nitrogen and oxygen atoms in total. The van der Waals surface area contributed by atoms with Crippen molar-refractivity contribution in [3.05, 3.63) is 47.5 Å². The zero-order valence-corrected chi connectivity index (χ0v) is 8.85. The Bertz CT molecular complexity index is 486. The summed E-state index contributed by atoms with van der Waals surface area (Å²) in [6, 6.07) is 6.46. The molecule has 2 heterocycles. The minimum absolute atomic E-state index is 0.202. The summed E-state index contributed by atoms with van der Waals surface area (Å²) in [6.45, 7) is 0. The van der Waals surface area contributed by atoms with E-state index >= 15 is 0 Å². The van der Waals surface area contributed by atoms with Crippen molar-refractivity contribution in [3.63, 3.8) is 0 Å². The topological polar surface area (TPSA) is 67.8 Å². The third kappa shape index (κ3) is 2.52. The molecule has 0 radical (unpaired) electrons. The van der Waals surface area contributed by atoms with Crippen molar-refractivity contribution < 1.29 is 4.79 Å². The molecule has 0 spiro atoms. The number of aromatic nitrogens is 3. The highest BCUT2D eigenvalue weighted by Crippen LogP contribution is 2.06. The Morgan fingerprint density at radius 3 is 2.75 bits per heavy atom. The van der Waals surface area contributed by atoms with Gasteiger partial charge in [0.1, 0.15) is 0 Å². The minimum atomic E-state index is -0.350. The van der Waals surface area contributed by atoms with Gasteiger partial charge in [-0.15, -0.1) is 10.2 Å². The summed E-state index contributed by atoms with van der Waals surface area (Å²) in [5.74, 6) is -0.350. The molecule has 1 N–H and O–H groups in total. The monoisotopic (exact) mass is 234 g/mol. The highest BCUT2D eigenvalue weighted by molar-refractivity contribution is 6.29. The number of halogens is 1. The Balaban J connectivity index is 2.12. The zero-order valence-electron chi connectivity index (χ0n) is 8.09. The van der Waals surface area contributed by atoms with Crippen LogP contribution in [0.4, 0.5) is 5.69 Å². The van der Waals surface area contributed by atoms with Crippen LogP contribution in [-0.4, -0.2) is 21.1 Å². The van der Waals surface area contributed by atoms with E-state index in [1.807, 2.05) is 0 Å². The summed E-state index contributed by atoms with van der Waals surface area (Å²) in [5, 5.41) is 10.1. The summed E-state index contributed by atoms with van der Waals surface area (Å²) >= 11 is 5.56. The molecule has 0 bridgehead atoms. The number of carbonyl (C=O) groups is 1. The number of hydrogen-bond donors (Lipinski definition) is 1. The summed E-state index contributed by atoms with van der Waals surface area (Å²) in [4.78, 5) is 15.5. The maximum atomic E-state index is 11.6. The normalized spacial score (nSPS) is 9.81. The first-order chi connectivity index (χ1) is 7.75. The molecule has 0 aliphatic rings. The Kier molecular flexibility index (Phi) is 3.07. The van der Waals surface area contributed by atoms with Gasteiger partial charge < -0.3 is 5.32 Å². The second-order valence-corrected chi connectivity index (χ2v) is 3.32. The number of hydrogen-bond acceptors (Lipinski definition) is 4. The minimum Gasteiger partial charge on any atom is -0.319 e. The Morgan fingerprint density at radius 1 is 1.25 bits per heavy atom. The third-order valence-corrected chi connectivity index (χ3v) is 1.99. The van der Waals surface area contributed by atoms with Crippen molar-refractivity contribution in [1.82, 2.24) is 15.2 Å². The first-order valence-corrected chi connectivity index (χ1v) is 4.84. The molecule has 0 saturated carbocycles. The molecule has 1 amide bonds. The lowest BCUT2D eigenvalue weighted by Crippen LogP contribution is -2.14. The van der Waals surface area contributed by atoms with Gasteiger partial charge in [-0.05, 0) is 24.3 Å². The van der Waals surface area contributed by atoms with Crippen LogP contribution in [-0.2, 0) is 0 Å². The summed E-state index contributed by atoms with van der Waals surface area (Å²) in [6.07, 6.45) is 3.17. The fourth-order valence-corrected chi connectivity index (χ4v) is 1.17. The van der Waals surface area contributed by atoms with Gasteiger partial charge in [-0.1, -0.05) is 11.6 Å². The van der Waals surface area contributed by atoms with Crippen molar-refractivity contribution in [2.45, 2.75) is 0 Å². The molecule has 6 heteroatoms. The maximum absolute atomic E-state index is 11.6. The van der Waals surface area contributed by atoms with Crippen LogP contribution in [0.3, 0.4) is 0 Å². The van der Waals surface area contributed by atoms with E-state index in [0.29, 0.717) is 5.69 Å². The molecule has 0 aliphatic heterocycles. The smallest absolute Gasteiger partial charge is 0.276 e. The summed E-state index contributed by atoms with van der Waals surface area (Å²) in [5.41, 5.74) is 0.803. The van der Waals surface area contributed by atoms with Crippen LogP contribution >= 0.6 is 11.6 Å². The second-order valence-electron chi connectivity index (χ2n) is 2.94. The number of pyridine rings is 1. The number of rotatable bonds is 2. The molecular formula is C10H7ClN4O. The van der Waals surface area contributed by atoms with Crippen LogP contribution in [0.25, 0.3) is 0 Å². The van der Waals surface area contributed by atoms with E-state index in [2.05, 4.69) is 20.5 Å². The molecule has 80 valence electrons. The molecule has 2 aromatic heterocycles. The van der Waals surface area contributed by atoms with Gasteiger partial charge in [0.25, 0.3) is 5.91 Å². The predicted molar refractivity (Wildman–Crippen MR) is 59.2 cm³/mol. The Labute approximate surface area is 96.5 Å². The number of amides is 1. The van der Waals surface area contributed by atoms with E-state index in [1.165, 1.54) is 12.1 Å². The largest absolute Gasteiger partial charge is 0.319 e. The average Bonchev–Trinajstić information content (AvgIpc) is 2.31. The van der Waals surface area contributed by atoms with Gasteiger partial charge in [-0.3, -0.25) is 9.78 Å². The molecular weight excluding hydrogens is 228 g/mol. The lowest BCUT2D eigenvalue weighted by Gasteiger charge is -2.02. The van der Waals surface area contributed by atoms with E-state index in [9.17, 15) is 4.79 Å². The van der Waals surface area contributed by atoms with Crippen LogP contribution in [0.15, 0.2) is 36.7 Å². The molecule has 0 aliphatic carbocycles. The summed E-state index contributed by atoms with van der Waals surface area (Å²) < 4.78 is 0. The lowest BCUT2D eigenvalue weighted by atomic mass is 10.3. The first kappa shape index (κ1) is 10.5. The van der Waals surface area contributed by atoms with Gasteiger partial charge in [-0.25, -0.2) is 0 Å². The molecule has 0 aromatic carbocycles. The van der Waals surface area contributed by atoms with Gasteiger partial charge in [0, 0.05) is 6.20 Å². The van der Waals surface area contributed by atoms with E-state index in [4.69, 9.17) is 11.6 Å². The molecule has 2 rings (SSSR count). The average molecular weight is 235 g/mol. The molecule has 0 atom stereocenters. The van der Waals surface area contributed by atoms with Crippen LogP contribution in [0.2, 0.25) is 5.15 Å². The van der Waals surface area contributed by atoms with E-state index < -0.39 is 0 Å². The summed E-state index contributed by atoms with van der Waals surface area (Å²) in [7, 11) is 0. The van der Waals surface area contributed by atoms with Gasteiger partial charge >= 0.3 is 0 Å². The number of nitrogens with zero attached hydrogens (tertiary/aromatic N) is 3. The number of nitrogens with one attached hydrogen (secondary N) is 1. The molecule has 0 unspecified atom stereocenters. The highest BCUT2D eigenvalue weighted by Gasteiger charge is 2.07. The van der Waals surface area contributed by atoms with Gasteiger partial charge in [-0.2, -0.15) is 0 Å². The van der Waals surface area contributed by atoms with Crippen molar-refractivity contribution in [2.24, 2.45) is 0 Å². The molecule has 2 aromatic rings. The standard InChI is InChI=1S/C10H7ClN4O/c11-9-4-3-8(14-15-9)10(16)13-7-2-1-5-12-6-7/h1-6H,(H,13,16). The highest BCUT2D eigenvalue weighted by atomic mass is 35.5. The third-order valence-electron chi connectivity index (χ3n) is 1.78. The van der Waals surface area contributed by atoms with Crippen LogP contribution < -0.4 is 5.32 Å². The Hall–Kier alpha value is -2.01. The number of anilines is 1. The van der Waals surface area contributed by atoms with Crippen molar-refractivity contribution in [1.29, 1.82) is 0 Å². The van der Waals surface area contributed by atoms with E-state index in [1.54, 1.807) is 24.5 Å². The van der Waals surface area contributed by atoms with Crippen LogP contribution in [0, 0.1) is 0 Å². The van der Waals surface area contributed by atoms with Crippen molar-refractivity contribution in [3.8, 4) is 0 Å². The van der Waals surface area contributed by atoms with Crippen LogP contribution in [0.5, 0.6) is 0 Å². The van der Waals surface area contributed by atoms with Gasteiger partial charge in [0.15, 0.2) is 10.8 Å². The quantitative estimate of drug-likeness (QED) is 0.860. The first-order valence-electron chi connectivity index (χ1n) is 4.46. The Morgan fingerprint density at radius 2 is 2.12 bits per heavy atom. The van der Waals surface area contributed by atoms with E-state index in [0.717, 1.165) is 0 Å². The molecule has 0 saturated heterocycles. The second kappa shape index (κ2) is 4.67. The van der Waals surface area contributed by atoms with Crippen LogP contribution in [0.1, 0.15) is 10.5 Å². The molecule has 16 heavy (non-hydrogen) atoms. The van der Waals surface area contributed by atoms with Crippen molar-refractivity contribution in [2.75, 3.05) is 5.32 Å². The van der Waals surface area contributed by atoms with Gasteiger partial charge in [0.2, 0.25) is 0 Å². The zero-order chi connectivity index (χ0) is 11.4.